The lowest BCUT2D eigenvalue weighted by Crippen LogP contribution is -2.06. The molecule has 0 radical (unpaired) electrons. The minimum atomic E-state index is 0.825. The first-order valence-electron chi connectivity index (χ1n) is 9.06. The van der Waals surface area contributed by atoms with Gasteiger partial charge < -0.3 is 9.30 Å². The molecule has 0 amide bonds. The minimum Gasteiger partial charge on any atom is -0.496 e. The molecule has 136 valence electrons. The summed E-state index contributed by atoms with van der Waals surface area (Å²) < 4.78 is 7.76. The number of benzene rings is 2. The highest BCUT2D eigenvalue weighted by atomic mass is 32.2. The molecule has 0 aliphatic rings. The van der Waals surface area contributed by atoms with Gasteiger partial charge in [-0.25, -0.2) is 0 Å². The van der Waals surface area contributed by atoms with Crippen LogP contribution in [-0.2, 0) is 13.0 Å². The fourth-order valence-corrected chi connectivity index (χ4v) is 3.87. The summed E-state index contributed by atoms with van der Waals surface area (Å²) in [4.78, 5) is 0. The van der Waals surface area contributed by atoms with Gasteiger partial charge in [0.15, 0.2) is 11.0 Å². The summed E-state index contributed by atoms with van der Waals surface area (Å²) in [6, 6.07) is 18.5. The van der Waals surface area contributed by atoms with Crippen molar-refractivity contribution in [1.82, 2.24) is 14.8 Å². The topological polar surface area (TPSA) is 39.9 Å². The molecular weight excluding hydrogens is 342 g/mol. The molecule has 5 heteroatoms. The minimum absolute atomic E-state index is 0.825. The van der Waals surface area contributed by atoms with E-state index < -0.39 is 0 Å². The Morgan fingerprint density at radius 3 is 2.54 bits per heavy atom. The molecule has 26 heavy (non-hydrogen) atoms. The molecule has 0 atom stereocenters. The third kappa shape index (κ3) is 4.47. The van der Waals surface area contributed by atoms with Crippen LogP contribution in [0.5, 0.6) is 5.75 Å². The number of ether oxygens (including phenoxy) is 1. The molecule has 0 bridgehead atoms. The van der Waals surface area contributed by atoms with Crippen LogP contribution in [0.3, 0.4) is 0 Å². The molecule has 0 unspecified atom stereocenters. The third-order valence-electron chi connectivity index (χ3n) is 4.26. The van der Waals surface area contributed by atoms with Gasteiger partial charge in [0.05, 0.1) is 12.7 Å². The van der Waals surface area contributed by atoms with E-state index in [4.69, 9.17) is 4.74 Å². The molecule has 0 saturated heterocycles. The van der Waals surface area contributed by atoms with Gasteiger partial charge in [-0.15, -0.1) is 10.2 Å². The highest BCUT2D eigenvalue weighted by Gasteiger charge is 2.17. The first kappa shape index (κ1) is 18.5. The fourth-order valence-electron chi connectivity index (χ4n) is 2.82. The van der Waals surface area contributed by atoms with E-state index in [0.29, 0.717) is 0 Å². The van der Waals surface area contributed by atoms with Crippen molar-refractivity contribution in [3.05, 3.63) is 60.2 Å². The van der Waals surface area contributed by atoms with Gasteiger partial charge in [0.1, 0.15) is 5.75 Å². The molecule has 2 aromatic carbocycles. The van der Waals surface area contributed by atoms with Gasteiger partial charge in [0, 0.05) is 12.3 Å². The number of para-hydroxylation sites is 1. The number of aryl methyl sites for hydroxylation is 1. The van der Waals surface area contributed by atoms with Crippen LogP contribution in [0.4, 0.5) is 0 Å². The molecule has 0 N–H and O–H groups in total. The molecule has 1 heterocycles. The van der Waals surface area contributed by atoms with Crippen LogP contribution in [0.25, 0.3) is 11.4 Å². The van der Waals surface area contributed by atoms with Crippen LogP contribution >= 0.6 is 11.8 Å². The van der Waals surface area contributed by atoms with E-state index in [1.165, 1.54) is 18.4 Å². The van der Waals surface area contributed by atoms with Crippen LogP contribution in [0, 0.1) is 0 Å². The average Bonchev–Trinajstić information content (AvgIpc) is 3.10. The number of nitrogens with zero attached hydrogens (tertiary/aromatic N) is 3. The van der Waals surface area contributed by atoms with Gasteiger partial charge in [-0.2, -0.15) is 0 Å². The van der Waals surface area contributed by atoms with Crippen LogP contribution < -0.4 is 4.74 Å². The van der Waals surface area contributed by atoms with Crippen LogP contribution in [0.1, 0.15) is 25.3 Å². The summed E-state index contributed by atoms with van der Waals surface area (Å²) in [5.74, 6) is 2.76. The Kier molecular flexibility index (Phi) is 6.72. The van der Waals surface area contributed by atoms with Crippen molar-refractivity contribution in [3.8, 4) is 17.1 Å². The predicted octanol–water partition coefficient (Wildman–Crippen LogP) is 5.09. The maximum absolute atomic E-state index is 5.54. The lowest BCUT2D eigenvalue weighted by molar-refractivity contribution is 0.415. The number of hydrogen-bond donors (Lipinski definition) is 0. The van der Waals surface area contributed by atoms with E-state index in [0.717, 1.165) is 41.0 Å². The van der Waals surface area contributed by atoms with E-state index in [-0.39, 0.29) is 0 Å². The highest BCUT2D eigenvalue weighted by Crippen LogP contribution is 2.31. The highest BCUT2D eigenvalue weighted by molar-refractivity contribution is 7.99. The SMILES string of the molecule is CCCCSc1nnc(-c2ccccc2OC)n1CCc1ccccc1. The van der Waals surface area contributed by atoms with E-state index in [9.17, 15) is 0 Å². The Morgan fingerprint density at radius 1 is 1.00 bits per heavy atom. The zero-order valence-corrected chi connectivity index (χ0v) is 16.2. The number of rotatable bonds is 9. The Bertz CT molecular complexity index is 817. The fraction of sp³-hybridized carbons (Fsp3) is 0.333. The van der Waals surface area contributed by atoms with Gasteiger partial charge in [-0.1, -0.05) is 67.6 Å². The lowest BCUT2D eigenvalue weighted by atomic mass is 10.1. The first-order chi connectivity index (χ1) is 12.8. The third-order valence-corrected chi connectivity index (χ3v) is 5.31. The van der Waals surface area contributed by atoms with Crippen molar-refractivity contribution >= 4 is 11.8 Å². The van der Waals surface area contributed by atoms with Crippen molar-refractivity contribution in [2.75, 3.05) is 12.9 Å². The molecule has 0 saturated carbocycles. The molecule has 1 aromatic heterocycles. The van der Waals surface area contributed by atoms with Crippen molar-refractivity contribution in [3.63, 3.8) is 0 Å². The zero-order chi connectivity index (χ0) is 18.2. The van der Waals surface area contributed by atoms with Gasteiger partial charge >= 0.3 is 0 Å². The number of hydrogen-bond acceptors (Lipinski definition) is 4. The molecule has 0 spiro atoms. The number of unbranched alkanes of at least 4 members (excludes halogenated alkanes) is 1. The van der Waals surface area contributed by atoms with Gasteiger partial charge in [-0.05, 0) is 30.5 Å². The maximum atomic E-state index is 5.54. The maximum Gasteiger partial charge on any atom is 0.191 e. The van der Waals surface area contributed by atoms with Crippen LogP contribution in [-0.4, -0.2) is 27.6 Å². The Hall–Kier alpha value is -2.27. The summed E-state index contributed by atoms with van der Waals surface area (Å²) >= 11 is 1.78. The Morgan fingerprint density at radius 2 is 1.77 bits per heavy atom. The quantitative estimate of drug-likeness (QED) is 0.390. The summed E-state index contributed by atoms with van der Waals surface area (Å²) in [6.45, 7) is 3.06. The Labute approximate surface area is 159 Å². The summed E-state index contributed by atoms with van der Waals surface area (Å²) in [7, 11) is 1.69. The lowest BCUT2D eigenvalue weighted by Gasteiger charge is -2.12. The number of aromatic nitrogens is 3. The molecule has 3 rings (SSSR count). The van der Waals surface area contributed by atoms with Crippen molar-refractivity contribution in [1.29, 1.82) is 0 Å². The first-order valence-corrected chi connectivity index (χ1v) is 10.1. The van der Waals surface area contributed by atoms with Crippen molar-refractivity contribution < 1.29 is 4.74 Å². The summed E-state index contributed by atoms with van der Waals surface area (Å²) in [6.07, 6.45) is 3.31. The average molecular weight is 368 g/mol. The molecule has 0 aliphatic heterocycles. The molecule has 0 aliphatic carbocycles. The standard InChI is InChI=1S/C21H25N3OS/c1-3-4-16-26-21-23-22-20(18-12-8-9-13-19(18)25-2)24(21)15-14-17-10-6-5-7-11-17/h5-13H,3-4,14-16H2,1-2H3. The Balaban J connectivity index is 1.90. The van der Waals surface area contributed by atoms with E-state index in [1.54, 1.807) is 18.9 Å². The normalized spacial score (nSPS) is 10.8. The second-order valence-electron chi connectivity index (χ2n) is 6.10. The van der Waals surface area contributed by atoms with Gasteiger partial charge in [-0.3, -0.25) is 0 Å². The van der Waals surface area contributed by atoms with E-state index >= 15 is 0 Å². The van der Waals surface area contributed by atoms with Crippen LogP contribution in [0.2, 0.25) is 0 Å². The number of methoxy groups -OCH3 is 1. The van der Waals surface area contributed by atoms with Crippen LogP contribution in [0.15, 0.2) is 59.8 Å². The second-order valence-corrected chi connectivity index (χ2v) is 7.16. The predicted molar refractivity (Wildman–Crippen MR) is 108 cm³/mol. The molecule has 0 fully saturated rings. The van der Waals surface area contributed by atoms with Crippen molar-refractivity contribution in [2.45, 2.75) is 37.9 Å². The second kappa shape index (κ2) is 9.43. The summed E-state index contributed by atoms with van der Waals surface area (Å²) in [5, 5.41) is 9.95. The van der Waals surface area contributed by atoms with Crippen molar-refractivity contribution in [2.24, 2.45) is 0 Å². The van der Waals surface area contributed by atoms with Gasteiger partial charge in [0.2, 0.25) is 0 Å². The number of thioether (sulfide) groups is 1. The molecule has 3 aromatic rings. The van der Waals surface area contributed by atoms with E-state index in [2.05, 4.69) is 52.0 Å². The zero-order valence-electron chi connectivity index (χ0n) is 15.4. The summed E-state index contributed by atoms with van der Waals surface area (Å²) in [5.41, 5.74) is 2.30. The van der Waals surface area contributed by atoms with Gasteiger partial charge in [0.25, 0.3) is 0 Å². The molecular formula is C21H25N3OS. The smallest absolute Gasteiger partial charge is 0.191 e. The molecule has 4 nitrogen and oxygen atoms in total. The van der Waals surface area contributed by atoms with E-state index in [1.807, 2.05) is 24.3 Å². The largest absolute Gasteiger partial charge is 0.496 e. The monoisotopic (exact) mass is 367 g/mol.